The van der Waals surface area contributed by atoms with Gasteiger partial charge >= 0.3 is 0 Å². The maximum Gasteiger partial charge on any atom is 0.0775 e. The van der Waals surface area contributed by atoms with Crippen molar-refractivity contribution in [1.29, 1.82) is 0 Å². The minimum absolute atomic E-state index is 0.118. The van der Waals surface area contributed by atoms with E-state index >= 15 is 0 Å². The van der Waals surface area contributed by atoms with E-state index in [1.165, 1.54) is 0 Å². The Hall–Kier alpha value is -0.870. The van der Waals surface area contributed by atoms with Crippen LogP contribution in [-0.4, -0.2) is 15.3 Å². The second kappa shape index (κ2) is 2.07. The highest BCUT2D eigenvalue weighted by Crippen LogP contribution is 2.22. The number of thiophene rings is 1. The first-order chi connectivity index (χ1) is 4.90. The number of H-pyrrole nitrogens is 1. The van der Waals surface area contributed by atoms with Gasteiger partial charge in [0.1, 0.15) is 0 Å². The molecule has 0 aliphatic heterocycles. The molecule has 0 atom stereocenters. The van der Waals surface area contributed by atoms with E-state index in [2.05, 4.69) is 10.2 Å². The van der Waals surface area contributed by atoms with Gasteiger partial charge in [0.25, 0.3) is 0 Å². The van der Waals surface area contributed by atoms with Crippen molar-refractivity contribution in [3.05, 3.63) is 17.1 Å². The monoisotopic (exact) mass is 154 g/mol. The molecule has 2 heterocycles. The molecule has 0 aliphatic rings. The van der Waals surface area contributed by atoms with Crippen LogP contribution in [0.1, 0.15) is 4.88 Å². The minimum Gasteiger partial charge on any atom is -0.391 e. The fourth-order valence-electron chi connectivity index (χ4n) is 0.879. The number of aliphatic hydroxyl groups is 1. The van der Waals surface area contributed by atoms with Crippen molar-refractivity contribution >= 4 is 21.6 Å². The van der Waals surface area contributed by atoms with Gasteiger partial charge in [0, 0.05) is 4.88 Å². The molecule has 0 radical (unpaired) electrons. The summed E-state index contributed by atoms with van der Waals surface area (Å²) in [6.45, 7) is 0.118. The summed E-state index contributed by atoms with van der Waals surface area (Å²) in [6, 6.07) is 1.91. The van der Waals surface area contributed by atoms with Crippen LogP contribution < -0.4 is 0 Å². The zero-order chi connectivity index (χ0) is 6.97. The molecule has 0 saturated heterocycles. The number of aromatic nitrogens is 2. The lowest BCUT2D eigenvalue weighted by Crippen LogP contribution is -1.71. The van der Waals surface area contributed by atoms with E-state index in [9.17, 15) is 0 Å². The predicted molar refractivity (Wildman–Crippen MR) is 39.9 cm³/mol. The van der Waals surface area contributed by atoms with Gasteiger partial charge in [0.15, 0.2) is 0 Å². The molecule has 10 heavy (non-hydrogen) atoms. The zero-order valence-corrected chi connectivity index (χ0v) is 5.98. The van der Waals surface area contributed by atoms with Gasteiger partial charge in [0.2, 0.25) is 0 Å². The molecule has 4 heteroatoms. The Morgan fingerprint density at radius 1 is 1.70 bits per heavy atom. The Kier molecular flexibility index (Phi) is 1.22. The molecule has 0 saturated carbocycles. The molecule has 0 bridgehead atoms. The van der Waals surface area contributed by atoms with Gasteiger partial charge in [-0.2, -0.15) is 5.10 Å². The first-order valence-corrected chi connectivity index (χ1v) is 3.74. The molecule has 0 fully saturated rings. The molecule has 0 amide bonds. The van der Waals surface area contributed by atoms with Crippen LogP contribution >= 0.6 is 11.3 Å². The molecule has 0 aromatic carbocycles. The first-order valence-electron chi connectivity index (χ1n) is 2.93. The topological polar surface area (TPSA) is 48.9 Å². The summed E-state index contributed by atoms with van der Waals surface area (Å²) in [5.74, 6) is 0. The number of aliphatic hydroxyl groups excluding tert-OH is 1. The van der Waals surface area contributed by atoms with E-state index in [0.717, 1.165) is 15.1 Å². The van der Waals surface area contributed by atoms with Gasteiger partial charge in [-0.1, -0.05) is 0 Å². The van der Waals surface area contributed by atoms with E-state index < -0.39 is 0 Å². The fourth-order valence-corrected chi connectivity index (χ4v) is 1.72. The summed E-state index contributed by atoms with van der Waals surface area (Å²) >= 11 is 1.56. The lowest BCUT2D eigenvalue weighted by Gasteiger charge is -1.80. The first kappa shape index (κ1) is 5.88. The van der Waals surface area contributed by atoms with Gasteiger partial charge in [-0.15, -0.1) is 11.3 Å². The van der Waals surface area contributed by atoms with Crippen molar-refractivity contribution in [2.45, 2.75) is 6.61 Å². The number of aromatic amines is 1. The summed E-state index contributed by atoms with van der Waals surface area (Å²) in [6.07, 6.45) is 1.76. The van der Waals surface area contributed by atoms with E-state index in [1.54, 1.807) is 17.5 Å². The van der Waals surface area contributed by atoms with Crippen molar-refractivity contribution in [2.75, 3.05) is 0 Å². The number of hydrogen-bond donors (Lipinski definition) is 2. The average molecular weight is 154 g/mol. The van der Waals surface area contributed by atoms with Gasteiger partial charge in [-0.3, -0.25) is 5.10 Å². The highest BCUT2D eigenvalue weighted by molar-refractivity contribution is 7.18. The molecule has 0 aliphatic carbocycles. The number of nitrogens with zero attached hydrogens (tertiary/aromatic N) is 1. The number of rotatable bonds is 1. The van der Waals surface area contributed by atoms with Crippen molar-refractivity contribution in [1.82, 2.24) is 10.2 Å². The van der Waals surface area contributed by atoms with Crippen LogP contribution in [0, 0.1) is 0 Å². The Labute approximate surface area is 61.3 Å². The maximum atomic E-state index is 8.73. The molecule has 2 aromatic heterocycles. The third-order valence-corrected chi connectivity index (χ3v) is 2.39. The molecule has 2 aromatic rings. The van der Waals surface area contributed by atoms with Crippen molar-refractivity contribution in [3.8, 4) is 0 Å². The number of fused-ring (bicyclic) bond motifs is 1. The second-order valence-electron chi connectivity index (χ2n) is 2.02. The van der Waals surface area contributed by atoms with Crippen LogP contribution in [0.15, 0.2) is 12.3 Å². The van der Waals surface area contributed by atoms with Crippen LogP contribution in [0.4, 0.5) is 0 Å². The summed E-state index contributed by atoms with van der Waals surface area (Å²) in [4.78, 5) is 0.976. The summed E-state index contributed by atoms with van der Waals surface area (Å²) in [5, 5.41) is 15.4. The Balaban J connectivity index is 2.67. The number of hydrogen-bond acceptors (Lipinski definition) is 3. The van der Waals surface area contributed by atoms with Crippen molar-refractivity contribution < 1.29 is 5.11 Å². The quantitative estimate of drug-likeness (QED) is 0.646. The highest BCUT2D eigenvalue weighted by Gasteiger charge is 2.00. The molecule has 3 nitrogen and oxygen atoms in total. The normalized spacial score (nSPS) is 10.9. The Morgan fingerprint density at radius 3 is 3.30 bits per heavy atom. The fraction of sp³-hybridized carbons (Fsp3) is 0.167. The van der Waals surface area contributed by atoms with E-state index in [1.807, 2.05) is 6.07 Å². The third kappa shape index (κ3) is 0.732. The molecular formula is C6H6N2OS. The van der Waals surface area contributed by atoms with Crippen LogP contribution in [0.3, 0.4) is 0 Å². The lowest BCUT2D eigenvalue weighted by atomic mass is 10.4. The molecule has 52 valence electrons. The third-order valence-electron chi connectivity index (χ3n) is 1.33. The molecule has 2 rings (SSSR count). The second-order valence-corrected chi connectivity index (χ2v) is 3.19. The van der Waals surface area contributed by atoms with Crippen molar-refractivity contribution in [3.63, 3.8) is 0 Å². The smallest absolute Gasteiger partial charge is 0.0775 e. The van der Waals surface area contributed by atoms with E-state index in [4.69, 9.17) is 5.11 Å². The van der Waals surface area contributed by atoms with E-state index in [0.29, 0.717) is 0 Å². The Morgan fingerprint density at radius 2 is 2.60 bits per heavy atom. The minimum atomic E-state index is 0.118. The van der Waals surface area contributed by atoms with Crippen molar-refractivity contribution in [2.24, 2.45) is 0 Å². The van der Waals surface area contributed by atoms with Crippen LogP contribution in [0.25, 0.3) is 10.2 Å². The summed E-state index contributed by atoms with van der Waals surface area (Å²) in [7, 11) is 0. The van der Waals surface area contributed by atoms with Gasteiger partial charge in [-0.25, -0.2) is 0 Å². The van der Waals surface area contributed by atoms with Gasteiger partial charge in [0.05, 0.1) is 23.0 Å². The molecule has 0 spiro atoms. The summed E-state index contributed by atoms with van der Waals surface area (Å²) < 4.78 is 1.10. The largest absolute Gasteiger partial charge is 0.391 e. The highest BCUT2D eigenvalue weighted by atomic mass is 32.1. The van der Waals surface area contributed by atoms with Gasteiger partial charge in [-0.05, 0) is 6.07 Å². The molecule has 2 N–H and O–H groups in total. The lowest BCUT2D eigenvalue weighted by molar-refractivity contribution is 0.285. The van der Waals surface area contributed by atoms with Crippen LogP contribution in [-0.2, 0) is 6.61 Å². The average Bonchev–Trinajstić information content (AvgIpc) is 2.42. The van der Waals surface area contributed by atoms with Gasteiger partial charge < -0.3 is 5.11 Å². The summed E-state index contributed by atoms with van der Waals surface area (Å²) in [5.41, 5.74) is 1.01. The maximum absolute atomic E-state index is 8.73. The molecule has 0 unspecified atom stereocenters. The zero-order valence-electron chi connectivity index (χ0n) is 5.16. The Bertz CT molecular complexity index is 309. The van der Waals surface area contributed by atoms with Crippen LogP contribution in [0.2, 0.25) is 0 Å². The standard InChI is InChI=1S/C6H6N2OS/c9-3-4-1-5-6(10-4)2-7-8-5/h1-2,9H,3H2,(H,7,8). The molecular weight excluding hydrogens is 148 g/mol. The van der Waals surface area contributed by atoms with Crippen LogP contribution in [0.5, 0.6) is 0 Å². The SMILES string of the molecule is OCc1cc2[nH]ncc2s1. The number of nitrogens with one attached hydrogen (secondary N) is 1. The predicted octanol–water partition coefficient (Wildman–Crippen LogP) is 1.12. The van der Waals surface area contributed by atoms with E-state index in [-0.39, 0.29) is 6.61 Å².